The van der Waals surface area contributed by atoms with E-state index in [4.69, 9.17) is 9.15 Å². The summed E-state index contributed by atoms with van der Waals surface area (Å²) in [5.41, 5.74) is 1.40. The Balaban J connectivity index is 2.15. The molecule has 1 heterocycles. The number of ether oxygens (including phenoxy) is 1. The van der Waals surface area contributed by atoms with Gasteiger partial charge >= 0.3 is 0 Å². The lowest BCUT2D eigenvalue weighted by atomic mass is 10.1. The number of carbonyl (C=O) groups excluding carboxylic acids is 1. The van der Waals surface area contributed by atoms with Crippen molar-refractivity contribution >= 4 is 5.91 Å². The maximum absolute atomic E-state index is 11.9. The van der Waals surface area contributed by atoms with Crippen LogP contribution in [0.25, 0.3) is 11.3 Å². The van der Waals surface area contributed by atoms with Crippen molar-refractivity contribution in [3.63, 3.8) is 0 Å². The van der Waals surface area contributed by atoms with Gasteiger partial charge in [0.05, 0.1) is 6.61 Å². The highest BCUT2D eigenvalue weighted by molar-refractivity contribution is 5.97. The topological polar surface area (TPSA) is 64.4 Å². The number of hydrogen-bond acceptors (Lipinski definition) is 4. The van der Waals surface area contributed by atoms with E-state index in [-0.39, 0.29) is 11.7 Å². The maximum atomic E-state index is 11.9. The molecule has 0 bridgehead atoms. The molecule has 0 saturated carbocycles. The number of rotatable bonds is 5. The van der Waals surface area contributed by atoms with E-state index in [1.807, 2.05) is 30.3 Å². The lowest BCUT2D eigenvalue weighted by Crippen LogP contribution is -2.27. The summed E-state index contributed by atoms with van der Waals surface area (Å²) < 4.78 is 10.0. The quantitative estimate of drug-likeness (QED) is 0.816. The molecule has 0 radical (unpaired) electrons. The first-order valence-electron chi connectivity index (χ1n) is 5.59. The predicted octanol–water partition coefficient (Wildman–Crippen LogP) is 1.72. The first-order chi connectivity index (χ1) is 8.83. The van der Waals surface area contributed by atoms with Crippen molar-refractivity contribution in [2.24, 2.45) is 0 Å². The van der Waals surface area contributed by atoms with Gasteiger partial charge in [0.1, 0.15) is 5.69 Å². The number of nitrogens with one attached hydrogen (secondary N) is 1. The van der Waals surface area contributed by atoms with Crippen LogP contribution < -0.4 is 5.32 Å². The second-order valence-electron chi connectivity index (χ2n) is 3.64. The average Bonchev–Trinajstić information content (AvgIpc) is 2.89. The zero-order valence-electron chi connectivity index (χ0n) is 10.1. The molecule has 0 aliphatic rings. The molecule has 1 aromatic heterocycles. The standard InChI is InChI=1S/C13H14N2O3/c1-17-8-7-14-13(16)12-11(15-9-18-12)10-5-3-2-4-6-10/h2-6,9H,7-8H2,1H3,(H,14,16). The molecule has 1 aromatic carbocycles. The van der Waals surface area contributed by atoms with E-state index in [1.54, 1.807) is 7.11 Å². The lowest BCUT2D eigenvalue weighted by Gasteiger charge is -2.03. The normalized spacial score (nSPS) is 10.3. The zero-order chi connectivity index (χ0) is 12.8. The fourth-order valence-electron chi connectivity index (χ4n) is 1.56. The minimum Gasteiger partial charge on any atom is -0.438 e. The molecule has 2 rings (SSSR count). The van der Waals surface area contributed by atoms with Gasteiger partial charge in [0.2, 0.25) is 5.76 Å². The summed E-state index contributed by atoms with van der Waals surface area (Å²) in [6.45, 7) is 0.894. The fourth-order valence-corrected chi connectivity index (χ4v) is 1.56. The van der Waals surface area contributed by atoms with Crippen molar-refractivity contribution in [1.29, 1.82) is 0 Å². The molecule has 1 N–H and O–H groups in total. The highest BCUT2D eigenvalue weighted by Crippen LogP contribution is 2.21. The van der Waals surface area contributed by atoms with E-state index in [2.05, 4.69) is 10.3 Å². The first kappa shape index (κ1) is 12.3. The number of aromatic nitrogens is 1. The molecule has 0 aliphatic heterocycles. The predicted molar refractivity (Wildman–Crippen MR) is 66.1 cm³/mol. The summed E-state index contributed by atoms with van der Waals surface area (Å²) in [7, 11) is 1.58. The summed E-state index contributed by atoms with van der Waals surface area (Å²) in [4.78, 5) is 16.0. The molecule has 0 saturated heterocycles. The minimum atomic E-state index is -0.289. The van der Waals surface area contributed by atoms with Gasteiger partial charge in [0, 0.05) is 19.2 Å². The van der Waals surface area contributed by atoms with E-state index >= 15 is 0 Å². The van der Waals surface area contributed by atoms with Crippen LogP contribution in [-0.2, 0) is 4.74 Å². The Bertz CT molecular complexity index is 508. The molecule has 0 atom stereocenters. The van der Waals surface area contributed by atoms with Crippen LogP contribution in [0.1, 0.15) is 10.6 Å². The molecule has 18 heavy (non-hydrogen) atoms. The zero-order valence-corrected chi connectivity index (χ0v) is 10.1. The second kappa shape index (κ2) is 5.97. The number of methoxy groups -OCH3 is 1. The van der Waals surface area contributed by atoms with Crippen LogP contribution in [-0.4, -0.2) is 31.2 Å². The van der Waals surface area contributed by atoms with E-state index in [9.17, 15) is 4.79 Å². The molecular weight excluding hydrogens is 232 g/mol. The van der Waals surface area contributed by atoms with Gasteiger partial charge in [-0.05, 0) is 0 Å². The van der Waals surface area contributed by atoms with Crippen LogP contribution in [0.2, 0.25) is 0 Å². The van der Waals surface area contributed by atoms with Gasteiger partial charge in [0.25, 0.3) is 5.91 Å². The van der Waals surface area contributed by atoms with Crippen molar-refractivity contribution in [2.75, 3.05) is 20.3 Å². The van der Waals surface area contributed by atoms with Crippen LogP contribution in [0.4, 0.5) is 0 Å². The lowest BCUT2D eigenvalue weighted by molar-refractivity contribution is 0.0910. The molecule has 0 fully saturated rings. The van der Waals surface area contributed by atoms with E-state index in [1.165, 1.54) is 6.39 Å². The molecule has 2 aromatic rings. The van der Waals surface area contributed by atoms with Crippen LogP contribution in [0.5, 0.6) is 0 Å². The Labute approximate surface area is 105 Å². The largest absolute Gasteiger partial charge is 0.438 e. The van der Waals surface area contributed by atoms with E-state index in [0.29, 0.717) is 18.8 Å². The van der Waals surface area contributed by atoms with E-state index in [0.717, 1.165) is 5.56 Å². The Morgan fingerprint density at radius 2 is 2.17 bits per heavy atom. The van der Waals surface area contributed by atoms with Gasteiger partial charge in [0.15, 0.2) is 6.39 Å². The monoisotopic (exact) mass is 246 g/mol. The summed E-state index contributed by atoms with van der Waals surface area (Å²) >= 11 is 0. The third kappa shape index (κ3) is 2.75. The van der Waals surface area contributed by atoms with Crippen LogP contribution in [0.3, 0.4) is 0 Å². The van der Waals surface area contributed by atoms with Crippen LogP contribution in [0, 0.1) is 0 Å². The third-order valence-electron chi connectivity index (χ3n) is 2.41. The Hall–Kier alpha value is -2.14. The summed E-state index contributed by atoms with van der Waals surface area (Å²) in [5, 5.41) is 2.70. The average molecular weight is 246 g/mol. The summed E-state index contributed by atoms with van der Waals surface area (Å²) in [6.07, 6.45) is 1.27. The first-order valence-corrected chi connectivity index (χ1v) is 5.59. The second-order valence-corrected chi connectivity index (χ2v) is 3.64. The van der Waals surface area contributed by atoms with Crippen LogP contribution in [0.15, 0.2) is 41.1 Å². The van der Waals surface area contributed by atoms with Gasteiger partial charge in [-0.2, -0.15) is 0 Å². The SMILES string of the molecule is COCCNC(=O)c1ocnc1-c1ccccc1. The van der Waals surface area contributed by atoms with Crippen molar-refractivity contribution in [2.45, 2.75) is 0 Å². The fraction of sp³-hybridized carbons (Fsp3) is 0.231. The number of nitrogens with zero attached hydrogens (tertiary/aromatic N) is 1. The molecule has 0 aliphatic carbocycles. The third-order valence-corrected chi connectivity index (χ3v) is 2.41. The molecule has 1 amide bonds. The van der Waals surface area contributed by atoms with Gasteiger partial charge < -0.3 is 14.5 Å². The van der Waals surface area contributed by atoms with Gasteiger partial charge in [-0.1, -0.05) is 30.3 Å². The van der Waals surface area contributed by atoms with Gasteiger partial charge in [-0.25, -0.2) is 4.98 Å². The summed E-state index contributed by atoms with van der Waals surface area (Å²) in [6, 6.07) is 9.43. The smallest absolute Gasteiger partial charge is 0.289 e. The highest BCUT2D eigenvalue weighted by Gasteiger charge is 2.17. The van der Waals surface area contributed by atoms with Crippen molar-refractivity contribution in [1.82, 2.24) is 10.3 Å². The number of carbonyl (C=O) groups is 1. The molecule has 94 valence electrons. The number of hydrogen-bond donors (Lipinski definition) is 1. The molecule has 5 heteroatoms. The molecule has 0 unspecified atom stereocenters. The Morgan fingerprint density at radius 3 is 2.89 bits per heavy atom. The molecule has 0 spiro atoms. The number of benzene rings is 1. The van der Waals surface area contributed by atoms with Gasteiger partial charge in [-0.3, -0.25) is 4.79 Å². The molecular formula is C13H14N2O3. The van der Waals surface area contributed by atoms with Crippen molar-refractivity contribution in [3.05, 3.63) is 42.5 Å². The van der Waals surface area contributed by atoms with E-state index < -0.39 is 0 Å². The maximum Gasteiger partial charge on any atom is 0.289 e. The molecule has 5 nitrogen and oxygen atoms in total. The van der Waals surface area contributed by atoms with Gasteiger partial charge in [-0.15, -0.1) is 0 Å². The number of amides is 1. The van der Waals surface area contributed by atoms with Crippen molar-refractivity contribution in [3.8, 4) is 11.3 Å². The van der Waals surface area contributed by atoms with Crippen LogP contribution >= 0.6 is 0 Å². The minimum absolute atomic E-state index is 0.220. The highest BCUT2D eigenvalue weighted by atomic mass is 16.5. The summed E-state index contributed by atoms with van der Waals surface area (Å²) in [5.74, 6) is -0.0688. The Morgan fingerprint density at radius 1 is 1.39 bits per heavy atom. The Kier molecular flexibility index (Phi) is 4.09. The van der Waals surface area contributed by atoms with Crippen molar-refractivity contribution < 1.29 is 13.9 Å². The number of oxazole rings is 1.